The highest BCUT2D eigenvalue weighted by Crippen LogP contribution is 2.40. The number of nitrogens with zero attached hydrogens (tertiary/aromatic N) is 3. The van der Waals surface area contributed by atoms with Crippen LogP contribution in [0.4, 0.5) is 18.9 Å². The van der Waals surface area contributed by atoms with Gasteiger partial charge in [0.1, 0.15) is 0 Å². The zero-order valence-electron chi connectivity index (χ0n) is 18.8. The third kappa shape index (κ3) is 5.75. The zero-order chi connectivity index (χ0) is 24.2. The Hall–Kier alpha value is -2.41. The number of nitrogens with one attached hydrogen (secondary N) is 1. The van der Waals surface area contributed by atoms with Crippen molar-refractivity contribution in [2.75, 3.05) is 49.6 Å². The van der Waals surface area contributed by atoms with Crippen LogP contribution in [0.5, 0.6) is 0 Å². The van der Waals surface area contributed by atoms with Crippen molar-refractivity contribution in [1.82, 2.24) is 10.2 Å². The number of alkyl halides is 3. The number of hydrogen-bond donors (Lipinski definition) is 1. The molecule has 180 valence electrons. The fourth-order valence-corrected chi connectivity index (χ4v) is 5.38. The lowest BCUT2D eigenvalue weighted by Crippen LogP contribution is -2.44. The molecule has 6 nitrogen and oxygen atoms in total. The molecular formula is C23H29F3N4O2S. The number of nitriles is 1. The van der Waals surface area contributed by atoms with Gasteiger partial charge >= 0.3 is 6.18 Å². The van der Waals surface area contributed by atoms with Crippen LogP contribution >= 0.6 is 11.8 Å². The second kappa shape index (κ2) is 10.7. The van der Waals surface area contributed by atoms with Crippen LogP contribution in [0.3, 0.4) is 0 Å². The first kappa shape index (κ1) is 25.2. The van der Waals surface area contributed by atoms with Crippen molar-refractivity contribution in [2.45, 2.75) is 25.9 Å². The molecule has 2 aliphatic heterocycles. The molecule has 0 saturated carbocycles. The summed E-state index contributed by atoms with van der Waals surface area (Å²) in [6.07, 6.45) is -1.19. The van der Waals surface area contributed by atoms with E-state index < -0.39 is 17.3 Å². The molecule has 1 aromatic carbocycles. The summed E-state index contributed by atoms with van der Waals surface area (Å²) in [5.41, 5.74) is -1.00. The average Bonchev–Trinajstić information content (AvgIpc) is 3.24. The van der Waals surface area contributed by atoms with E-state index in [-0.39, 0.29) is 29.6 Å². The van der Waals surface area contributed by atoms with E-state index in [1.807, 2.05) is 23.0 Å². The quantitative estimate of drug-likeness (QED) is 0.673. The molecular weight excluding hydrogens is 453 g/mol. The van der Waals surface area contributed by atoms with Crippen molar-refractivity contribution in [1.29, 1.82) is 5.26 Å². The van der Waals surface area contributed by atoms with Crippen molar-refractivity contribution in [3.63, 3.8) is 0 Å². The highest BCUT2D eigenvalue weighted by atomic mass is 32.2. The van der Waals surface area contributed by atoms with E-state index in [9.17, 15) is 22.8 Å². The molecule has 0 spiro atoms. The van der Waals surface area contributed by atoms with Crippen LogP contribution in [0.25, 0.3) is 0 Å². The van der Waals surface area contributed by atoms with Gasteiger partial charge in [0.05, 0.1) is 28.9 Å². The second-order valence-corrected chi connectivity index (χ2v) is 9.43. The van der Waals surface area contributed by atoms with E-state index in [2.05, 4.69) is 5.32 Å². The van der Waals surface area contributed by atoms with Crippen molar-refractivity contribution >= 4 is 29.3 Å². The Bertz CT molecular complexity index is 910. The fraction of sp³-hybridized carbons (Fsp3) is 0.609. The van der Waals surface area contributed by atoms with Crippen LogP contribution in [0, 0.1) is 29.1 Å². The molecule has 3 rings (SSSR count). The van der Waals surface area contributed by atoms with E-state index in [1.165, 1.54) is 23.9 Å². The summed E-state index contributed by atoms with van der Waals surface area (Å²) in [5.74, 6) is 0.333. The minimum atomic E-state index is -4.63. The molecule has 0 aliphatic carbocycles. The zero-order valence-corrected chi connectivity index (χ0v) is 19.6. The molecule has 2 fully saturated rings. The number of carbonyl (C=O) groups excluding carboxylic acids is 2. The molecule has 1 N–H and O–H groups in total. The number of carbonyl (C=O) groups is 2. The molecule has 2 atom stereocenters. The molecule has 2 heterocycles. The maximum Gasteiger partial charge on any atom is 0.417 e. The molecule has 33 heavy (non-hydrogen) atoms. The van der Waals surface area contributed by atoms with E-state index in [1.54, 1.807) is 6.07 Å². The molecule has 2 amide bonds. The fourth-order valence-electron chi connectivity index (χ4n) is 4.95. The van der Waals surface area contributed by atoms with Crippen LogP contribution in [0.15, 0.2) is 18.2 Å². The summed E-state index contributed by atoms with van der Waals surface area (Å²) in [4.78, 5) is 28.7. The molecule has 2 saturated heterocycles. The summed E-state index contributed by atoms with van der Waals surface area (Å²) in [6.45, 7) is 4.39. The van der Waals surface area contributed by atoms with Crippen LogP contribution in [0.1, 0.15) is 30.9 Å². The summed E-state index contributed by atoms with van der Waals surface area (Å²) in [6, 6.07) is 5.34. The molecule has 0 radical (unpaired) electrons. The summed E-state index contributed by atoms with van der Waals surface area (Å²) in [5, 5.41) is 11.9. The Labute approximate surface area is 196 Å². The standard InChI is InChI=1S/C23H29F3N4O2S/c1-3-28-22(32)19-13-30(17-5-4-16(11-27)20(10-17)23(24,25)26)12-18(19)15-6-8-29(9-7-15)21(31)14-33-2/h4-5,10,15,18-19H,3,6-9,12-14H2,1-2H3,(H,28,32). The predicted octanol–water partition coefficient (Wildman–Crippen LogP) is 3.37. The molecule has 10 heteroatoms. The average molecular weight is 483 g/mol. The van der Waals surface area contributed by atoms with Gasteiger partial charge in [-0.2, -0.15) is 30.2 Å². The smallest absolute Gasteiger partial charge is 0.370 e. The number of hydrogen-bond acceptors (Lipinski definition) is 5. The minimum absolute atomic E-state index is 0.0145. The van der Waals surface area contributed by atoms with Gasteiger partial charge in [-0.25, -0.2) is 0 Å². The number of piperidine rings is 1. The molecule has 2 unspecified atom stereocenters. The number of rotatable bonds is 6. The van der Waals surface area contributed by atoms with E-state index >= 15 is 0 Å². The minimum Gasteiger partial charge on any atom is -0.370 e. The first-order valence-electron chi connectivity index (χ1n) is 11.1. The van der Waals surface area contributed by atoms with Gasteiger partial charge in [0, 0.05) is 38.4 Å². The molecule has 0 bridgehead atoms. The second-order valence-electron chi connectivity index (χ2n) is 8.56. The first-order valence-corrected chi connectivity index (χ1v) is 12.5. The van der Waals surface area contributed by atoms with Gasteiger partial charge in [-0.1, -0.05) is 0 Å². The Balaban J connectivity index is 1.80. The van der Waals surface area contributed by atoms with Crippen molar-refractivity contribution in [2.24, 2.45) is 17.8 Å². The predicted molar refractivity (Wildman–Crippen MR) is 122 cm³/mol. The highest BCUT2D eigenvalue weighted by Gasteiger charge is 2.43. The first-order chi connectivity index (χ1) is 15.7. The van der Waals surface area contributed by atoms with E-state index in [0.717, 1.165) is 18.9 Å². The van der Waals surface area contributed by atoms with Crippen LogP contribution in [-0.2, 0) is 15.8 Å². The van der Waals surface area contributed by atoms with Gasteiger partial charge in [-0.05, 0) is 56.1 Å². The molecule has 1 aromatic rings. The van der Waals surface area contributed by atoms with Gasteiger partial charge in [-0.15, -0.1) is 0 Å². The summed E-state index contributed by atoms with van der Waals surface area (Å²) >= 11 is 1.49. The van der Waals surface area contributed by atoms with Crippen molar-refractivity contribution in [3.8, 4) is 6.07 Å². The largest absolute Gasteiger partial charge is 0.417 e. The maximum absolute atomic E-state index is 13.5. The molecule has 0 aromatic heterocycles. The SMILES string of the molecule is CCNC(=O)C1CN(c2ccc(C#N)c(C(F)(F)F)c2)CC1C1CCN(C(=O)CSC)CC1. The van der Waals surface area contributed by atoms with Gasteiger partial charge in [0.15, 0.2) is 0 Å². The summed E-state index contributed by atoms with van der Waals surface area (Å²) in [7, 11) is 0. The van der Waals surface area contributed by atoms with Gasteiger partial charge < -0.3 is 15.1 Å². The Morgan fingerprint density at radius 3 is 2.52 bits per heavy atom. The van der Waals surface area contributed by atoms with E-state index in [4.69, 9.17) is 5.26 Å². The van der Waals surface area contributed by atoms with Crippen LogP contribution in [-0.4, -0.2) is 61.4 Å². The number of halogens is 3. The third-order valence-electron chi connectivity index (χ3n) is 6.61. The topological polar surface area (TPSA) is 76.4 Å². The van der Waals surface area contributed by atoms with Crippen LogP contribution < -0.4 is 10.2 Å². The number of anilines is 1. The van der Waals surface area contributed by atoms with Gasteiger partial charge in [0.25, 0.3) is 0 Å². The third-order valence-corrected chi connectivity index (χ3v) is 7.15. The number of amides is 2. The van der Waals surface area contributed by atoms with Gasteiger partial charge in [-0.3, -0.25) is 9.59 Å². The van der Waals surface area contributed by atoms with Gasteiger partial charge in [0.2, 0.25) is 11.8 Å². The number of benzene rings is 1. The number of thioether (sulfide) groups is 1. The Morgan fingerprint density at radius 2 is 1.94 bits per heavy atom. The maximum atomic E-state index is 13.5. The van der Waals surface area contributed by atoms with E-state index in [0.29, 0.717) is 44.2 Å². The molecule has 2 aliphatic rings. The highest BCUT2D eigenvalue weighted by molar-refractivity contribution is 7.99. The number of likely N-dealkylation sites (tertiary alicyclic amines) is 1. The monoisotopic (exact) mass is 482 g/mol. The van der Waals surface area contributed by atoms with Crippen LogP contribution in [0.2, 0.25) is 0 Å². The normalized spacial score (nSPS) is 21.7. The van der Waals surface area contributed by atoms with Crippen molar-refractivity contribution in [3.05, 3.63) is 29.3 Å². The lowest BCUT2D eigenvalue weighted by atomic mass is 9.78. The summed E-state index contributed by atoms with van der Waals surface area (Å²) < 4.78 is 40.4. The lowest BCUT2D eigenvalue weighted by molar-refractivity contribution is -0.137. The Kier molecular flexibility index (Phi) is 8.16. The van der Waals surface area contributed by atoms with Crippen molar-refractivity contribution < 1.29 is 22.8 Å². The lowest BCUT2D eigenvalue weighted by Gasteiger charge is -2.36. The Morgan fingerprint density at radius 1 is 1.24 bits per heavy atom.